The molecule has 1 N–H and O–H groups in total. The highest BCUT2D eigenvalue weighted by Gasteiger charge is 2.98. The first-order chi connectivity index (χ1) is 31.6. The molecule has 2 unspecified atom stereocenters. The van der Waals surface area contributed by atoms with Crippen LogP contribution in [0.1, 0.15) is 279 Å². The van der Waals surface area contributed by atoms with E-state index in [1.54, 1.807) is 11.9 Å². The largest absolute Gasteiger partial charge is 0.462 e. The third kappa shape index (κ3) is 20.4. The molecule has 3 aliphatic carbocycles. The molecule has 380 valence electrons. The lowest BCUT2D eigenvalue weighted by molar-refractivity contribution is -0.150. The lowest BCUT2D eigenvalue weighted by Gasteiger charge is -2.22. The summed E-state index contributed by atoms with van der Waals surface area (Å²) in [5.41, 5.74) is 0.237. The zero-order chi connectivity index (χ0) is 47.1. The van der Waals surface area contributed by atoms with Crippen LogP contribution in [-0.2, 0) is 23.9 Å². The molecule has 8 heteroatoms. The van der Waals surface area contributed by atoms with Crippen LogP contribution in [0.3, 0.4) is 0 Å². The maximum atomic E-state index is 13.0. The van der Waals surface area contributed by atoms with Crippen molar-refractivity contribution in [2.24, 2.45) is 22.2 Å². The molecule has 3 saturated carbocycles. The molecule has 0 bridgehead atoms. The Morgan fingerprint density at radius 2 is 1.00 bits per heavy atom. The van der Waals surface area contributed by atoms with Crippen LogP contribution >= 0.6 is 11.9 Å². The van der Waals surface area contributed by atoms with Gasteiger partial charge in [0.05, 0.1) is 10.8 Å². The lowest BCUT2D eigenvalue weighted by Crippen LogP contribution is -2.29. The number of nitrogens with zero attached hydrogens (tertiary/aromatic N) is 1. The van der Waals surface area contributed by atoms with Gasteiger partial charge in [0.25, 0.3) is 0 Å². The SMILES string of the molecule is CCCCCCCCC(CC)OC(=O)CCCCCCCN(CCCCCCCC(=O)OC(CCCCCCCC)CCCCCCCC)CCCNSC[C@@]12CC[C@@H]3C(C)(C)C31C2=O. The van der Waals surface area contributed by atoms with E-state index in [4.69, 9.17) is 9.47 Å². The smallest absolute Gasteiger partial charge is 0.306 e. The van der Waals surface area contributed by atoms with Gasteiger partial charge in [-0.25, -0.2) is 0 Å². The van der Waals surface area contributed by atoms with Crippen LogP contribution in [0.5, 0.6) is 0 Å². The Kier molecular flexibility index (Phi) is 30.6. The minimum atomic E-state index is -0.0282. The lowest BCUT2D eigenvalue weighted by atomic mass is 9.93. The van der Waals surface area contributed by atoms with Gasteiger partial charge in [-0.05, 0) is 121 Å². The van der Waals surface area contributed by atoms with Gasteiger partial charge in [0.15, 0.2) is 0 Å². The minimum absolute atomic E-state index is 0.00124. The Hall–Kier alpha value is -1.12. The van der Waals surface area contributed by atoms with E-state index >= 15 is 0 Å². The number of ketones is 1. The van der Waals surface area contributed by atoms with E-state index < -0.39 is 0 Å². The van der Waals surface area contributed by atoms with Crippen molar-refractivity contribution in [3.63, 3.8) is 0 Å². The van der Waals surface area contributed by atoms with Gasteiger partial charge in [-0.15, -0.1) is 0 Å². The number of Topliss-reactive ketones (excluding diaryl/α,β-unsaturated/α-hetero) is 1. The number of ether oxygens (including phenoxy) is 2. The van der Waals surface area contributed by atoms with Crippen molar-refractivity contribution >= 4 is 29.7 Å². The van der Waals surface area contributed by atoms with Crippen LogP contribution in [0.25, 0.3) is 0 Å². The fourth-order valence-electron chi connectivity index (χ4n) is 12.1. The van der Waals surface area contributed by atoms with Crippen LogP contribution in [0.2, 0.25) is 0 Å². The second kappa shape index (κ2) is 34.2. The van der Waals surface area contributed by atoms with Gasteiger partial charge in [0.1, 0.15) is 18.0 Å². The van der Waals surface area contributed by atoms with E-state index in [0.717, 1.165) is 96.1 Å². The zero-order valence-corrected chi connectivity index (χ0v) is 44.6. The summed E-state index contributed by atoms with van der Waals surface area (Å²) in [6.45, 7) is 17.9. The molecular weight excluding hydrogens is 825 g/mol. The van der Waals surface area contributed by atoms with E-state index in [9.17, 15) is 14.4 Å². The monoisotopic (exact) mass is 931 g/mol. The molecule has 0 aromatic rings. The summed E-state index contributed by atoms with van der Waals surface area (Å²) in [6, 6.07) is 0. The molecule has 0 saturated heterocycles. The van der Waals surface area contributed by atoms with Crippen molar-refractivity contribution in [2.45, 2.75) is 291 Å². The van der Waals surface area contributed by atoms with E-state index in [-0.39, 0.29) is 40.4 Å². The van der Waals surface area contributed by atoms with Crippen molar-refractivity contribution in [3.05, 3.63) is 0 Å². The fraction of sp³-hybridized carbons (Fsp3) is 0.947. The molecule has 0 aromatic heterocycles. The third-order valence-corrected chi connectivity index (χ3v) is 17.3. The van der Waals surface area contributed by atoms with Crippen molar-refractivity contribution in [1.29, 1.82) is 0 Å². The van der Waals surface area contributed by atoms with Crippen molar-refractivity contribution < 1.29 is 23.9 Å². The summed E-state index contributed by atoms with van der Waals surface area (Å²) in [7, 11) is 0. The number of hydrogen-bond donors (Lipinski definition) is 1. The van der Waals surface area contributed by atoms with Crippen LogP contribution in [0.15, 0.2) is 0 Å². The standard InChI is InChI=1S/C57H106N2O5S/c1-7-11-14-17-22-29-37-49(10-4)63-52(60)40-32-25-20-27-34-45-59(47-36-44-58-65-48-56-43-42-51-55(5,6)57(51,56)54(56)62)46-35-28-21-26-33-41-53(61)64-50(38-30-23-18-15-12-8-2)39-31-24-19-16-13-9-3/h49-51,58H,7-48H2,1-6H3/t49?,51-,56-,57?/m1/s1. The Labute approximate surface area is 406 Å². The van der Waals surface area contributed by atoms with Crippen LogP contribution in [-0.4, -0.2) is 66.8 Å². The van der Waals surface area contributed by atoms with Crippen LogP contribution in [0.4, 0.5) is 0 Å². The Bertz CT molecular complexity index is 1250. The molecule has 65 heavy (non-hydrogen) atoms. The molecule has 1 spiro atoms. The number of nitrogens with one attached hydrogen (secondary N) is 1. The van der Waals surface area contributed by atoms with Gasteiger partial charge in [0, 0.05) is 25.1 Å². The number of carbonyl (C=O) groups is 3. The zero-order valence-electron chi connectivity index (χ0n) is 43.8. The Balaban J connectivity index is 1.30. The highest BCUT2D eigenvalue weighted by atomic mass is 32.2. The van der Waals surface area contributed by atoms with Gasteiger partial charge in [0.2, 0.25) is 0 Å². The normalized spacial score (nSPS) is 20.9. The fourth-order valence-corrected chi connectivity index (χ4v) is 13.2. The average molecular weight is 932 g/mol. The molecule has 0 radical (unpaired) electrons. The topological polar surface area (TPSA) is 84.9 Å². The summed E-state index contributed by atoms with van der Waals surface area (Å²) in [5, 5.41) is 0. The number of unbranched alkanes of at least 4 members (excludes halogenated alkanes) is 23. The molecule has 0 aromatic carbocycles. The highest BCUT2D eigenvalue weighted by molar-refractivity contribution is 7.97. The summed E-state index contributed by atoms with van der Waals surface area (Å²) in [4.78, 5) is 41.2. The molecule has 3 fully saturated rings. The van der Waals surface area contributed by atoms with E-state index in [1.165, 1.54) is 161 Å². The van der Waals surface area contributed by atoms with Crippen molar-refractivity contribution in [1.82, 2.24) is 9.62 Å². The predicted octanol–water partition coefficient (Wildman–Crippen LogP) is 16.1. The second-order valence-electron chi connectivity index (χ2n) is 21.7. The first-order valence-electron chi connectivity index (χ1n) is 28.6. The van der Waals surface area contributed by atoms with Crippen molar-refractivity contribution in [2.75, 3.05) is 31.9 Å². The van der Waals surface area contributed by atoms with Crippen LogP contribution in [0, 0.1) is 22.2 Å². The summed E-state index contributed by atoms with van der Waals surface area (Å²) in [6.07, 6.45) is 43.1. The molecule has 3 aliphatic rings. The number of carbonyl (C=O) groups excluding carboxylic acids is 3. The summed E-state index contributed by atoms with van der Waals surface area (Å²) in [5.74, 6) is 2.18. The number of hydrogen-bond acceptors (Lipinski definition) is 8. The van der Waals surface area contributed by atoms with Gasteiger partial charge >= 0.3 is 11.9 Å². The maximum absolute atomic E-state index is 13.0. The van der Waals surface area contributed by atoms with Crippen LogP contribution < -0.4 is 4.72 Å². The molecule has 0 aliphatic heterocycles. The van der Waals surface area contributed by atoms with Gasteiger partial charge in [-0.2, -0.15) is 0 Å². The van der Waals surface area contributed by atoms with Crippen molar-refractivity contribution in [3.8, 4) is 0 Å². The molecule has 0 heterocycles. The number of esters is 2. The molecule has 4 atom stereocenters. The summed E-state index contributed by atoms with van der Waals surface area (Å²) >= 11 is 1.81. The highest BCUT2D eigenvalue weighted by Crippen LogP contribution is 2.94. The molecule has 3 rings (SSSR count). The summed E-state index contributed by atoms with van der Waals surface area (Å²) < 4.78 is 15.6. The molecular formula is C57H106N2O5S. The van der Waals surface area contributed by atoms with Gasteiger partial charge in [-0.1, -0.05) is 188 Å². The predicted molar refractivity (Wildman–Crippen MR) is 277 cm³/mol. The van der Waals surface area contributed by atoms with E-state index in [1.807, 2.05) is 0 Å². The van der Waals surface area contributed by atoms with Gasteiger partial charge in [-0.3, -0.25) is 19.1 Å². The van der Waals surface area contributed by atoms with E-state index in [2.05, 4.69) is 51.2 Å². The average Bonchev–Trinajstić information content (AvgIpc) is 3.92. The first kappa shape index (κ1) is 58.2. The second-order valence-corrected chi connectivity index (χ2v) is 22.6. The Morgan fingerprint density at radius 1 is 0.585 bits per heavy atom. The molecule has 7 nitrogen and oxygen atoms in total. The Morgan fingerprint density at radius 3 is 1.46 bits per heavy atom. The maximum Gasteiger partial charge on any atom is 0.306 e. The van der Waals surface area contributed by atoms with Gasteiger partial charge < -0.3 is 14.4 Å². The minimum Gasteiger partial charge on any atom is -0.462 e. The number of rotatable bonds is 47. The first-order valence-corrected chi connectivity index (χ1v) is 29.6. The third-order valence-electron chi connectivity index (χ3n) is 16.2. The molecule has 0 amide bonds. The van der Waals surface area contributed by atoms with E-state index in [0.29, 0.717) is 24.5 Å². The quantitative estimate of drug-likeness (QED) is 0.0367.